The number of fused-ring (bicyclic) bond motifs is 1. The number of nitrogens with one attached hydrogen (secondary N) is 1. The number of rotatable bonds is 9. The summed E-state index contributed by atoms with van der Waals surface area (Å²) in [4.78, 5) is 51.7. The van der Waals surface area contributed by atoms with E-state index in [1.807, 2.05) is 0 Å². The molecule has 1 N–H and O–H groups in total. The summed E-state index contributed by atoms with van der Waals surface area (Å²) in [5.74, 6) is -0.749. The normalized spacial score (nSPS) is 15.1. The summed E-state index contributed by atoms with van der Waals surface area (Å²) < 4.78 is 29.6. The van der Waals surface area contributed by atoms with E-state index in [0.29, 0.717) is 55.3 Å². The third-order valence-electron chi connectivity index (χ3n) is 6.67. The van der Waals surface area contributed by atoms with Crippen LogP contribution in [0.25, 0.3) is 22.1 Å². The Morgan fingerprint density at radius 1 is 1.07 bits per heavy atom. The maximum atomic E-state index is 13.2. The monoisotopic (exact) mass is 566 g/mol. The van der Waals surface area contributed by atoms with Crippen LogP contribution in [0.15, 0.2) is 57.9 Å². The van der Waals surface area contributed by atoms with Crippen LogP contribution in [0.2, 0.25) is 0 Å². The molecule has 218 valence electrons. The van der Waals surface area contributed by atoms with E-state index in [9.17, 15) is 23.6 Å². The molecule has 0 unspecified atom stereocenters. The van der Waals surface area contributed by atoms with Gasteiger partial charge in [0, 0.05) is 25.6 Å². The summed E-state index contributed by atoms with van der Waals surface area (Å²) in [6.07, 6.45) is 4.33. The van der Waals surface area contributed by atoms with Crippen molar-refractivity contribution in [1.29, 1.82) is 0 Å². The highest BCUT2D eigenvalue weighted by Crippen LogP contribution is 2.24. The average molecular weight is 567 g/mol. The maximum absolute atomic E-state index is 13.2. The predicted molar refractivity (Wildman–Crippen MR) is 151 cm³/mol. The first-order valence-electron chi connectivity index (χ1n) is 13.8. The SMILES string of the molecule is CC(C)(C)OC(=O)N1CCC[C@H]1C(=O)NCCCCCC(=O)Oc1ccc2c(=O)c(-c3ccc(F)cc3)coc2c1. The topological polar surface area (TPSA) is 115 Å². The Balaban J connectivity index is 1.19. The van der Waals surface area contributed by atoms with Crippen molar-refractivity contribution in [2.24, 2.45) is 0 Å². The number of nitrogens with zero attached hydrogens (tertiary/aromatic N) is 1. The Morgan fingerprint density at radius 3 is 2.56 bits per heavy atom. The van der Waals surface area contributed by atoms with Gasteiger partial charge in [-0.25, -0.2) is 9.18 Å². The number of unbranched alkanes of at least 4 members (excludes halogenated alkanes) is 2. The second-order valence-electron chi connectivity index (χ2n) is 11.1. The summed E-state index contributed by atoms with van der Waals surface area (Å²) in [5, 5.41) is 3.20. The summed E-state index contributed by atoms with van der Waals surface area (Å²) in [6, 6.07) is 9.59. The minimum absolute atomic E-state index is 0.189. The number of likely N-dealkylation sites (tertiary alicyclic amines) is 1. The van der Waals surface area contributed by atoms with Crippen molar-refractivity contribution in [2.75, 3.05) is 13.1 Å². The van der Waals surface area contributed by atoms with Crippen LogP contribution < -0.4 is 15.5 Å². The zero-order valence-corrected chi connectivity index (χ0v) is 23.5. The lowest BCUT2D eigenvalue weighted by Crippen LogP contribution is -2.47. The summed E-state index contributed by atoms with van der Waals surface area (Å²) >= 11 is 0. The molecule has 0 radical (unpaired) electrons. The van der Waals surface area contributed by atoms with Crippen LogP contribution in [0, 0.1) is 5.82 Å². The minimum atomic E-state index is -0.623. The van der Waals surface area contributed by atoms with Gasteiger partial charge in [-0.2, -0.15) is 0 Å². The first-order valence-corrected chi connectivity index (χ1v) is 13.8. The van der Waals surface area contributed by atoms with Gasteiger partial charge in [0.15, 0.2) is 5.43 Å². The van der Waals surface area contributed by atoms with Crippen molar-refractivity contribution in [1.82, 2.24) is 10.2 Å². The van der Waals surface area contributed by atoms with Gasteiger partial charge in [-0.15, -0.1) is 0 Å². The van der Waals surface area contributed by atoms with Gasteiger partial charge in [0.2, 0.25) is 5.91 Å². The molecule has 0 saturated carbocycles. The molecule has 1 fully saturated rings. The number of amides is 2. The molecular formula is C31H35FN2O7. The van der Waals surface area contributed by atoms with Crippen LogP contribution >= 0.6 is 0 Å². The molecule has 9 nitrogen and oxygen atoms in total. The lowest BCUT2D eigenvalue weighted by Gasteiger charge is -2.28. The highest BCUT2D eigenvalue weighted by molar-refractivity contribution is 5.86. The first kappa shape index (κ1) is 29.8. The Labute approximate surface area is 237 Å². The first-order chi connectivity index (χ1) is 19.5. The van der Waals surface area contributed by atoms with Crippen LogP contribution in [0.5, 0.6) is 5.75 Å². The minimum Gasteiger partial charge on any atom is -0.463 e. The molecule has 0 aliphatic carbocycles. The van der Waals surface area contributed by atoms with E-state index in [2.05, 4.69) is 5.32 Å². The molecule has 1 saturated heterocycles. The van der Waals surface area contributed by atoms with Gasteiger partial charge in [0.1, 0.15) is 35.1 Å². The zero-order valence-electron chi connectivity index (χ0n) is 23.5. The van der Waals surface area contributed by atoms with E-state index >= 15 is 0 Å². The van der Waals surface area contributed by atoms with Crippen molar-refractivity contribution in [3.8, 4) is 16.9 Å². The van der Waals surface area contributed by atoms with E-state index in [-0.39, 0.29) is 29.1 Å². The van der Waals surface area contributed by atoms with Gasteiger partial charge in [-0.1, -0.05) is 18.6 Å². The van der Waals surface area contributed by atoms with Gasteiger partial charge < -0.3 is 19.2 Å². The zero-order chi connectivity index (χ0) is 29.6. The molecule has 10 heteroatoms. The molecule has 0 bridgehead atoms. The molecule has 1 aliphatic heterocycles. The number of carbonyl (C=O) groups is 3. The molecular weight excluding hydrogens is 531 g/mol. The second kappa shape index (κ2) is 13.0. The number of carbonyl (C=O) groups excluding carboxylic acids is 3. The maximum Gasteiger partial charge on any atom is 0.410 e. The molecule has 2 amide bonds. The number of hydrogen-bond donors (Lipinski definition) is 1. The van der Waals surface area contributed by atoms with Crippen molar-refractivity contribution < 1.29 is 32.7 Å². The number of benzene rings is 2. The van der Waals surface area contributed by atoms with Crippen LogP contribution in [0.3, 0.4) is 0 Å². The molecule has 3 aromatic rings. The summed E-state index contributed by atoms with van der Waals surface area (Å²) in [5.41, 5.74) is 0.227. The molecule has 2 aromatic carbocycles. The smallest absolute Gasteiger partial charge is 0.410 e. The number of esters is 1. The number of ether oxygens (including phenoxy) is 2. The highest BCUT2D eigenvalue weighted by Gasteiger charge is 2.36. The molecule has 0 spiro atoms. The second-order valence-corrected chi connectivity index (χ2v) is 11.1. The molecule has 41 heavy (non-hydrogen) atoms. The molecule has 1 aliphatic rings. The molecule has 2 heterocycles. The van der Waals surface area contributed by atoms with E-state index in [0.717, 1.165) is 6.42 Å². The number of halogens is 1. The molecule has 4 rings (SSSR count). The lowest BCUT2D eigenvalue weighted by molar-refractivity contribution is -0.134. The van der Waals surface area contributed by atoms with Gasteiger partial charge in [0.05, 0.1) is 10.9 Å². The van der Waals surface area contributed by atoms with E-state index in [1.165, 1.54) is 53.6 Å². The fourth-order valence-corrected chi connectivity index (χ4v) is 4.66. The Bertz CT molecular complexity index is 1460. The highest BCUT2D eigenvalue weighted by atomic mass is 19.1. The lowest BCUT2D eigenvalue weighted by atomic mass is 10.1. The van der Waals surface area contributed by atoms with Crippen molar-refractivity contribution >= 4 is 28.9 Å². The summed E-state index contributed by atoms with van der Waals surface area (Å²) in [6.45, 7) is 6.31. The van der Waals surface area contributed by atoms with E-state index < -0.39 is 29.5 Å². The summed E-state index contributed by atoms with van der Waals surface area (Å²) in [7, 11) is 0. The number of hydrogen-bond acceptors (Lipinski definition) is 7. The van der Waals surface area contributed by atoms with Gasteiger partial charge in [0.25, 0.3) is 0 Å². The Kier molecular flexibility index (Phi) is 9.42. The van der Waals surface area contributed by atoms with Crippen LogP contribution in [0.4, 0.5) is 9.18 Å². The standard InChI is InChI=1S/C31H35FN2O7/c1-31(2,3)41-30(38)34-17-7-8-25(34)29(37)33-16-6-4-5-9-27(35)40-22-14-15-23-26(18-22)39-19-24(28(23)36)20-10-12-21(32)13-11-20/h10-15,18-19,25H,4-9,16-17H2,1-3H3,(H,33,37)/t25-/m0/s1. The van der Waals surface area contributed by atoms with Gasteiger partial charge in [-0.3, -0.25) is 19.3 Å². The van der Waals surface area contributed by atoms with Crippen LogP contribution in [-0.2, 0) is 14.3 Å². The fourth-order valence-electron chi connectivity index (χ4n) is 4.66. The fraction of sp³-hybridized carbons (Fsp3) is 0.419. The van der Waals surface area contributed by atoms with E-state index in [1.54, 1.807) is 20.8 Å². The largest absolute Gasteiger partial charge is 0.463 e. The van der Waals surface area contributed by atoms with Crippen LogP contribution in [0.1, 0.15) is 59.3 Å². The molecule has 1 aromatic heterocycles. The van der Waals surface area contributed by atoms with Crippen molar-refractivity contribution in [3.05, 3.63) is 64.8 Å². The third kappa shape index (κ3) is 7.93. The third-order valence-corrected chi connectivity index (χ3v) is 6.67. The quantitative estimate of drug-likeness (QED) is 0.204. The predicted octanol–water partition coefficient (Wildman–Crippen LogP) is 5.58. The van der Waals surface area contributed by atoms with Gasteiger partial charge >= 0.3 is 12.1 Å². The van der Waals surface area contributed by atoms with Crippen molar-refractivity contribution in [2.45, 2.75) is 70.9 Å². The molecule has 1 atom stereocenters. The van der Waals surface area contributed by atoms with Gasteiger partial charge in [-0.05, 0) is 76.3 Å². The average Bonchev–Trinajstić information content (AvgIpc) is 3.41. The Morgan fingerprint density at radius 2 is 1.83 bits per heavy atom. The van der Waals surface area contributed by atoms with E-state index in [4.69, 9.17) is 13.9 Å². The Hall–Kier alpha value is -4.21. The van der Waals surface area contributed by atoms with Crippen LogP contribution in [-0.4, -0.2) is 47.6 Å². The van der Waals surface area contributed by atoms with Crippen molar-refractivity contribution in [3.63, 3.8) is 0 Å².